The maximum absolute atomic E-state index is 11.8. The van der Waals surface area contributed by atoms with E-state index in [2.05, 4.69) is 4.72 Å². The highest BCUT2D eigenvalue weighted by molar-refractivity contribution is 7.92. The van der Waals surface area contributed by atoms with E-state index in [4.69, 9.17) is 16.3 Å². The summed E-state index contributed by atoms with van der Waals surface area (Å²) in [6.45, 7) is -0.414. The summed E-state index contributed by atoms with van der Waals surface area (Å²) in [4.78, 5) is 11.6. The van der Waals surface area contributed by atoms with Gasteiger partial charge in [0.05, 0.1) is 0 Å². The van der Waals surface area contributed by atoms with Gasteiger partial charge in [0.2, 0.25) is 10.0 Å². The van der Waals surface area contributed by atoms with Crippen LogP contribution in [-0.2, 0) is 26.2 Å². The first-order valence-electron chi connectivity index (χ1n) is 7.07. The number of hydrogen-bond acceptors (Lipinski definition) is 4. The molecule has 2 aromatic rings. The molecule has 0 heterocycles. The Morgan fingerprint density at radius 3 is 2.58 bits per heavy atom. The van der Waals surface area contributed by atoms with E-state index in [0.29, 0.717) is 5.02 Å². The number of ether oxygens (including phenoxy) is 1. The van der Waals surface area contributed by atoms with Gasteiger partial charge in [-0.3, -0.25) is 4.79 Å². The predicted molar refractivity (Wildman–Crippen MR) is 93.6 cm³/mol. The van der Waals surface area contributed by atoms with Crippen molar-refractivity contribution in [2.24, 2.45) is 0 Å². The first-order valence-corrected chi connectivity index (χ1v) is 9.00. The van der Waals surface area contributed by atoms with E-state index in [-0.39, 0.29) is 6.61 Å². The van der Waals surface area contributed by atoms with Crippen LogP contribution in [0, 0.1) is 0 Å². The van der Waals surface area contributed by atoms with Crippen LogP contribution in [0.15, 0.2) is 60.0 Å². The van der Waals surface area contributed by atoms with E-state index in [9.17, 15) is 13.2 Å². The minimum Gasteiger partial charge on any atom is -0.460 e. The Hall–Kier alpha value is -2.15. The van der Waals surface area contributed by atoms with Crippen molar-refractivity contribution in [2.45, 2.75) is 6.61 Å². The molecule has 0 aliphatic heterocycles. The quantitative estimate of drug-likeness (QED) is 0.765. The highest BCUT2D eigenvalue weighted by atomic mass is 35.5. The van der Waals surface area contributed by atoms with Crippen molar-refractivity contribution < 1.29 is 17.9 Å². The summed E-state index contributed by atoms with van der Waals surface area (Å²) in [5.74, 6) is -0.674. The van der Waals surface area contributed by atoms with Gasteiger partial charge in [0.1, 0.15) is 13.2 Å². The van der Waals surface area contributed by atoms with Gasteiger partial charge in [-0.2, -0.15) is 0 Å². The summed E-state index contributed by atoms with van der Waals surface area (Å²) in [7, 11) is -3.72. The second-order valence-corrected chi connectivity index (χ2v) is 6.96. The molecule has 0 unspecified atom stereocenters. The SMILES string of the molecule is O=C(CNS(=O)(=O)/C=C/c1ccccc1)OCc1cccc(Cl)c1. The Kier molecular flexibility index (Phi) is 6.54. The molecule has 0 aliphatic carbocycles. The lowest BCUT2D eigenvalue weighted by molar-refractivity contribution is -0.143. The molecule has 2 rings (SSSR count). The minimum atomic E-state index is -3.72. The van der Waals surface area contributed by atoms with Crippen molar-refractivity contribution >= 4 is 33.7 Å². The lowest BCUT2D eigenvalue weighted by Crippen LogP contribution is -2.29. The third kappa shape index (κ3) is 6.54. The van der Waals surface area contributed by atoms with E-state index in [0.717, 1.165) is 16.5 Å². The summed E-state index contributed by atoms with van der Waals surface area (Å²) in [6, 6.07) is 15.8. The molecule has 0 spiro atoms. The zero-order chi connectivity index (χ0) is 17.4. The standard InChI is InChI=1S/C17H16ClNO4S/c18-16-8-4-7-15(11-16)13-23-17(20)12-19-24(21,22)10-9-14-5-2-1-3-6-14/h1-11,19H,12-13H2/b10-9+. The highest BCUT2D eigenvalue weighted by Crippen LogP contribution is 2.11. The van der Waals surface area contributed by atoms with E-state index < -0.39 is 22.5 Å². The molecular formula is C17H16ClNO4S. The van der Waals surface area contributed by atoms with Gasteiger partial charge in [-0.05, 0) is 29.3 Å². The average Bonchev–Trinajstić information content (AvgIpc) is 2.58. The van der Waals surface area contributed by atoms with Crippen LogP contribution in [0.25, 0.3) is 6.08 Å². The molecule has 0 radical (unpaired) electrons. The molecule has 5 nitrogen and oxygen atoms in total. The van der Waals surface area contributed by atoms with Crippen molar-refractivity contribution in [3.05, 3.63) is 76.2 Å². The summed E-state index contributed by atoms with van der Waals surface area (Å²) in [5, 5.41) is 1.54. The van der Waals surface area contributed by atoms with Crippen LogP contribution in [0.4, 0.5) is 0 Å². The molecule has 0 atom stereocenters. The fourth-order valence-electron chi connectivity index (χ4n) is 1.78. The largest absolute Gasteiger partial charge is 0.460 e. The number of carbonyl (C=O) groups is 1. The van der Waals surface area contributed by atoms with Crippen LogP contribution in [0.3, 0.4) is 0 Å². The van der Waals surface area contributed by atoms with Crippen LogP contribution < -0.4 is 4.72 Å². The number of halogens is 1. The van der Waals surface area contributed by atoms with Crippen molar-refractivity contribution in [3.63, 3.8) is 0 Å². The van der Waals surface area contributed by atoms with Gasteiger partial charge in [0, 0.05) is 10.4 Å². The molecule has 24 heavy (non-hydrogen) atoms. The summed E-state index contributed by atoms with van der Waals surface area (Å²) in [6.07, 6.45) is 1.44. The molecule has 0 amide bonds. The maximum Gasteiger partial charge on any atom is 0.321 e. The Morgan fingerprint density at radius 2 is 1.88 bits per heavy atom. The maximum atomic E-state index is 11.8. The normalized spacial score (nSPS) is 11.5. The van der Waals surface area contributed by atoms with Crippen LogP contribution in [0.1, 0.15) is 11.1 Å². The number of esters is 1. The Labute approximate surface area is 146 Å². The molecular weight excluding hydrogens is 350 g/mol. The molecule has 0 aromatic heterocycles. The van der Waals surface area contributed by atoms with Crippen LogP contribution >= 0.6 is 11.6 Å². The van der Waals surface area contributed by atoms with Gasteiger partial charge in [-0.25, -0.2) is 13.1 Å². The van der Waals surface area contributed by atoms with E-state index in [1.807, 2.05) is 6.07 Å². The van der Waals surface area contributed by atoms with Crippen molar-refractivity contribution in [1.29, 1.82) is 0 Å². The topological polar surface area (TPSA) is 72.5 Å². The third-order valence-electron chi connectivity index (χ3n) is 2.95. The first kappa shape index (κ1) is 18.2. The van der Waals surface area contributed by atoms with Crippen molar-refractivity contribution in [1.82, 2.24) is 4.72 Å². The third-order valence-corrected chi connectivity index (χ3v) is 4.22. The van der Waals surface area contributed by atoms with Crippen LogP contribution in [-0.4, -0.2) is 20.9 Å². The van der Waals surface area contributed by atoms with Crippen molar-refractivity contribution in [2.75, 3.05) is 6.54 Å². The Bertz CT molecular complexity index is 819. The first-order chi connectivity index (χ1) is 11.4. The number of rotatable bonds is 7. The molecule has 0 aliphatic rings. The monoisotopic (exact) mass is 365 g/mol. The van der Waals surface area contributed by atoms with Gasteiger partial charge in [-0.1, -0.05) is 54.1 Å². The van der Waals surface area contributed by atoms with E-state index in [1.54, 1.807) is 48.5 Å². The van der Waals surface area contributed by atoms with E-state index >= 15 is 0 Å². The number of benzene rings is 2. The lowest BCUT2D eigenvalue weighted by Gasteiger charge is -2.06. The lowest BCUT2D eigenvalue weighted by atomic mass is 10.2. The van der Waals surface area contributed by atoms with Gasteiger partial charge < -0.3 is 4.74 Å². The van der Waals surface area contributed by atoms with Crippen LogP contribution in [0.5, 0.6) is 0 Å². The minimum absolute atomic E-state index is 0.0287. The van der Waals surface area contributed by atoms with Gasteiger partial charge in [0.15, 0.2) is 0 Å². The number of nitrogens with one attached hydrogen (secondary N) is 1. The van der Waals surface area contributed by atoms with Crippen molar-refractivity contribution in [3.8, 4) is 0 Å². The molecule has 0 saturated heterocycles. The zero-order valence-electron chi connectivity index (χ0n) is 12.7. The smallest absolute Gasteiger partial charge is 0.321 e. The molecule has 2 aromatic carbocycles. The van der Waals surface area contributed by atoms with Gasteiger partial charge in [-0.15, -0.1) is 0 Å². The second kappa shape index (κ2) is 8.63. The molecule has 0 saturated carbocycles. The summed E-state index contributed by atoms with van der Waals surface area (Å²) < 4.78 is 30.8. The molecule has 0 bridgehead atoms. The molecule has 0 fully saturated rings. The summed E-state index contributed by atoms with van der Waals surface area (Å²) >= 11 is 5.83. The Morgan fingerprint density at radius 1 is 1.12 bits per heavy atom. The fraction of sp³-hybridized carbons (Fsp3) is 0.118. The predicted octanol–water partition coefficient (Wildman–Crippen LogP) is 2.97. The average molecular weight is 366 g/mol. The Balaban J connectivity index is 1.81. The molecule has 1 N–H and O–H groups in total. The van der Waals surface area contributed by atoms with E-state index in [1.165, 1.54) is 6.08 Å². The fourth-order valence-corrected chi connectivity index (χ4v) is 2.75. The molecule has 126 valence electrons. The van der Waals surface area contributed by atoms with Gasteiger partial charge in [0.25, 0.3) is 0 Å². The zero-order valence-corrected chi connectivity index (χ0v) is 14.3. The number of sulfonamides is 1. The second-order valence-electron chi connectivity index (χ2n) is 4.87. The number of carbonyl (C=O) groups excluding carboxylic acids is 1. The summed E-state index contributed by atoms with van der Waals surface area (Å²) in [5.41, 5.74) is 1.47. The number of hydrogen-bond donors (Lipinski definition) is 1. The van der Waals surface area contributed by atoms with Crippen LogP contribution in [0.2, 0.25) is 5.02 Å². The molecule has 7 heteroatoms. The highest BCUT2D eigenvalue weighted by Gasteiger charge is 2.10. The van der Waals surface area contributed by atoms with Gasteiger partial charge >= 0.3 is 5.97 Å².